The van der Waals surface area contributed by atoms with Crippen molar-refractivity contribution in [2.45, 2.75) is 10.9 Å². The lowest BCUT2D eigenvalue weighted by Crippen LogP contribution is -2.31. The number of nitrogens with zero attached hydrogens (tertiary/aromatic N) is 2. The van der Waals surface area contributed by atoms with Gasteiger partial charge < -0.3 is 14.0 Å². The lowest BCUT2D eigenvalue weighted by atomic mass is 10.1. The van der Waals surface area contributed by atoms with Crippen LogP contribution in [0.3, 0.4) is 0 Å². The number of sulfonamides is 1. The Morgan fingerprint density at radius 3 is 2.32 bits per heavy atom. The van der Waals surface area contributed by atoms with Crippen LogP contribution < -0.4 is 14.2 Å². The molecule has 0 spiro atoms. The molecule has 1 aromatic heterocycles. The van der Waals surface area contributed by atoms with Gasteiger partial charge in [0.1, 0.15) is 22.6 Å². The summed E-state index contributed by atoms with van der Waals surface area (Å²) in [4.78, 5) is 3.71. The largest absolute Gasteiger partial charge is 0.493 e. The molecule has 0 aliphatic heterocycles. The maximum absolute atomic E-state index is 14.5. The summed E-state index contributed by atoms with van der Waals surface area (Å²) < 4.78 is 55.0. The molecule has 0 radical (unpaired) electrons. The third-order valence-corrected chi connectivity index (χ3v) is 5.69. The van der Waals surface area contributed by atoms with Gasteiger partial charge in [0, 0.05) is 31.6 Å². The summed E-state index contributed by atoms with van der Waals surface area (Å²) in [6, 6.07) is 10.2. The summed E-state index contributed by atoms with van der Waals surface area (Å²) in [6.07, 6.45) is 3.27. The van der Waals surface area contributed by atoms with Gasteiger partial charge in [-0.15, -0.1) is 0 Å². The molecule has 9 heteroatoms. The van der Waals surface area contributed by atoms with Gasteiger partial charge in [-0.3, -0.25) is 0 Å². The Morgan fingerprint density at radius 2 is 1.75 bits per heavy atom. The van der Waals surface area contributed by atoms with Crippen molar-refractivity contribution in [3.05, 3.63) is 72.1 Å². The van der Waals surface area contributed by atoms with Crippen molar-refractivity contribution in [2.24, 2.45) is 7.05 Å². The maximum atomic E-state index is 14.5. The maximum Gasteiger partial charge on any atom is 0.244 e. The number of rotatable bonds is 7. The van der Waals surface area contributed by atoms with Gasteiger partial charge in [0.25, 0.3) is 0 Å². The molecule has 3 aromatic rings. The van der Waals surface area contributed by atoms with Crippen molar-refractivity contribution < 1.29 is 22.3 Å². The van der Waals surface area contributed by atoms with Gasteiger partial charge in [0.2, 0.25) is 10.0 Å². The number of halogens is 1. The summed E-state index contributed by atoms with van der Waals surface area (Å²) in [5, 5.41) is 0. The van der Waals surface area contributed by atoms with E-state index in [-0.39, 0.29) is 11.5 Å². The molecule has 1 unspecified atom stereocenters. The lowest BCUT2D eigenvalue weighted by molar-refractivity contribution is 0.350. The Labute approximate surface area is 162 Å². The SMILES string of the molecule is COc1cc(F)c(S(=O)(=O)NC(c2ccccc2)c2nccn2C)cc1OC. The van der Waals surface area contributed by atoms with Gasteiger partial charge in [-0.05, 0) is 5.56 Å². The van der Waals surface area contributed by atoms with E-state index in [2.05, 4.69) is 9.71 Å². The average Bonchev–Trinajstić information content (AvgIpc) is 3.12. The molecule has 0 amide bonds. The monoisotopic (exact) mass is 405 g/mol. The van der Waals surface area contributed by atoms with Crippen molar-refractivity contribution in [3.8, 4) is 11.5 Å². The number of nitrogens with one attached hydrogen (secondary N) is 1. The fourth-order valence-corrected chi connectivity index (χ4v) is 4.09. The van der Waals surface area contributed by atoms with Crippen LogP contribution in [0.1, 0.15) is 17.4 Å². The van der Waals surface area contributed by atoms with Crippen LogP contribution in [0.4, 0.5) is 4.39 Å². The van der Waals surface area contributed by atoms with Crippen molar-refractivity contribution in [1.29, 1.82) is 0 Å². The topological polar surface area (TPSA) is 82.5 Å². The van der Waals surface area contributed by atoms with E-state index < -0.39 is 26.8 Å². The lowest BCUT2D eigenvalue weighted by Gasteiger charge is -2.20. The predicted molar refractivity (Wildman–Crippen MR) is 101 cm³/mol. The van der Waals surface area contributed by atoms with Crippen LogP contribution in [0.15, 0.2) is 59.8 Å². The smallest absolute Gasteiger partial charge is 0.244 e. The summed E-state index contributed by atoms with van der Waals surface area (Å²) in [7, 11) is 0.192. The molecular weight excluding hydrogens is 385 g/mol. The van der Waals surface area contributed by atoms with Crippen LogP contribution in [0.5, 0.6) is 11.5 Å². The third-order valence-electron chi connectivity index (χ3n) is 4.25. The first-order valence-corrected chi connectivity index (χ1v) is 9.81. The summed E-state index contributed by atoms with van der Waals surface area (Å²) in [5.74, 6) is -0.271. The van der Waals surface area contributed by atoms with E-state index in [0.29, 0.717) is 11.4 Å². The molecule has 0 saturated heterocycles. The molecule has 0 saturated carbocycles. The number of hydrogen-bond acceptors (Lipinski definition) is 5. The Morgan fingerprint density at radius 1 is 1.11 bits per heavy atom. The minimum atomic E-state index is -4.25. The van der Waals surface area contributed by atoms with Crippen LogP contribution in [0, 0.1) is 5.82 Å². The Balaban J connectivity index is 2.07. The van der Waals surface area contributed by atoms with Gasteiger partial charge in [0.15, 0.2) is 11.5 Å². The molecule has 1 N–H and O–H groups in total. The normalized spacial score (nSPS) is 12.6. The Bertz CT molecular complexity index is 1070. The molecule has 1 atom stereocenters. The quantitative estimate of drug-likeness (QED) is 0.654. The van der Waals surface area contributed by atoms with Gasteiger partial charge in [0.05, 0.1) is 14.2 Å². The van der Waals surface area contributed by atoms with Gasteiger partial charge in [-0.25, -0.2) is 17.8 Å². The van der Waals surface area contributed by atoms with Crippen molar-refractivity contribution >= 4 is 10.0 Å². The molecule has 28 heavy (non-hydrogen) atoms. The first-order valence-electron chi connectivity index (χ1n) is 8.33. The Hall–Kier alpha value is -2.91. The van der Waals surface area contributed by atoms with Crippen LogP contribution in [0.25, 0.3) is 0 Å². The van der Waals surface area contributed by atoms with E-state index in [1.54, 1.807) is 48.3 Å². The minimum Gasteiger partial charge on any atom is -0.493 e. The van der Waals surface area contributed by atoms with E-state index in [9.17, 15) is 12.8 Å². The molecule has 0 bridgehead atoms. The average molecular weight is 405 g/mol. The second-order valence-corrected chi connectivity index (χ2v) is 7.68. The zero-order chi connectivity index (χ0) is 20.3. The van der Waals surface area contributed by atoms with E-state index >= 15 is 0 Å². The first-order chi connectivity index (χ1) is 13.4. The zero-order valence-electron chi connectivity index (χ0n) is 15.6. The standard InChI is InChI=1S/C19H20FN3O4S/c1-23-10-9-21-19(23)18(13-7-5-4-6-8-13)22-28(24,25)17-12-16(27-3)15(26-2)11-14(17)20/h4-12,18,22H,1-3H3. The minimum absolute atomic E-state index is 0.0997. The molecule has 148 valence electrons. The second-order valence-electron chi connectivity index (χ2n) is 6.00. The highest BCUT2D eigenvalue weighted by atomic mass is 32.2. The fraction of sp³-hybridized carbons (Fsp3) is 0.211. The summed E-state index contributed by atoms with van der Waals surface area (Å²) in [5.41, 5.74) is 0.668. The van der Waals surface area contributed by atoms with E-state index in [4.69, 9.17) is 9.47 Å². The predicted octanol–water partition coefficient (Wildman–Crippen LogP) is 2.64. The number of aromatic nitrogens is 2. The number of hydrogen-bond donors (Lipinski definition) is 1. The Kier molecular flexibility index (Phi) is 5.66. The van der Waals surface area contributed by atoms with Crippen LogP contribution in [0.2, 0.25) is 0 Å². The number of imidazole rings is 1. The highest BCUT2D eigenvalue weighted by Crippen LogP contribution is 2.33. The molecule has 1 heterocycles. The molecule has 3 rings (SSSR count). The van der Waals surface area contributed by atoms with Crippen molar-refractivity contribution in [3.63, 3.8) is 0 Å². The van der Waals surface area contributed by atoms with Gasteiger partial charge in [-0.2, -0.15) is 4.72 Å². The number of aryl methyl sites for hydroxylation is 1. The number of benzene rings is 2. The molecule has 2 aromatic carbocycles. The zero-order valence-corrected chi connectivity index (χ0v) is 16.4. The fourth-order valence-electron chi connectivity index (χ4n) is 2.83. The number of methoxy groups -OCH3 is 2. The van der Waals surface area contributed by atoms with E-state index in [1.165, 1.54) is 14.2 Å². The molecule has 0 fully saturated rings. The van der Waals surface area contributed by atoms with E-state index in [1.807, 2.05) is 6.07 Å². The van der Waals surface area contributed by atoms with Gasteiger partial charge >= 0.3 is 0 Å². The first kappa shape index (κ1) is 19.8. The van der Waals surface area contributed by atoms with Crippen LogP contribution >= 0.6 is 0 Å². The van der Waals surface area contributed by atoms with Crippen molar-refractivity contribution in [1.82, 2.24) is 14.3 Å². The highest BCUT2D eigenvalue weighted by molar-refractivity contribution is 7.89. The second kappa shape index (κ2) is 7.99. The number of ether oxygens (including phenoxy) is 2. The van der Waals surface area contributed by atoms with Crippen LogP contribution in [-0.2, 0) is 17.1 Å². The van der Waals surface area contributed by atoms with Crippen molar-refractivity contribution in [2.75, 3.05) is 14.2 Å². The third kappa shape index (κ3) is 3.85. The van der Waals surface area contributed by atoms with Crippen LogP contribution in [-0.4, -0.2) is 32.2 Å². The molecule has 0 aliphatic rings. The molecular formula is C19H20FN3O4S. The van der Waals surface area contributed by atoms with Gasteiger partial charge in [-0.1, -0.05) is 30.3 Å². The summed E-state index contributed by atoms with van der Waals surface area (Å²) in [6.45, 7) is 0. The highest BCUT2D eigenvalue weighted by Gasteiger charge is 2.29. The van der Waals surface area contributed by atoms with E-state index in [0.717, 1.165) is 12.1 Å². The summed E-state index contributed by atoms with van der Waals surface area (Å²) >= 11 is 0. The molecule has 0 aliphatic carbocycles. The molecule has 7 nitrogen and oxygen atoms in total.